The first-order chi connectivity index (χ1) is 23.3. The lowest BCUT2D eigenvalue weighted by Crippen LogP contribution is -2.64. The molecule has 1 heterocycles. The Hall–Kier alpha value is -3.65. The quantitative estimate of drug-likeness (QED) is 0.109. The Morgan fingerprint density at radius 1 is 1.06 bits per heavy atom. The minimum absolute atomic E-state index is 0.0570. The number of carbonyl (C=O) groups is 3. The van der Waals surface area contributed by atoms with Crippen LogP contribution >= 0.6 is 24.0 Å². The number of fused-ring (bicyclic) bond motifs is 3. The Labute approximate surface area is 295 Å². The van der Waals surface area contributed by atoms with Crippen LogP contribution in [-0.2, 0) is 39.8 Å². The van der Waals surface area contributed by atoms with Crippen molar-refractivity contribution in [3.8, 4) is 0 Å². The second kappa shape index (κ2) is 19.5. The first kappa shape index (κ1) is 41.5. The summed E-state index contributed by atoms with van der Waals surface area (Å²) in [4.78, 5) is 42.4. The number of alkyl halides is 3. The third kappa shape index (κ3) is 11.4. The summed E-state index contributed by atoms with van der Waals surface area (Å²) in [6.07, 6.45) is 0.172. The summed E-state index contributed by atoms with van der Waals surface area (Å²) in [5, 5.41) is 8.29. The van der Waals surface area contributed by atoms with Gasteiger partial charge in [0.25, 0.3) is 0 Å². The molecular weight excluding hydrogens is 679 g/mol. The van der Waals surface area contributed by atoms with Crippen molar-refractivity contribution in [2.75, 3.05) is 18.6 Å². The predicted octanol–water partition coefficient (Wildman–Crippen LogP) is 6.39. The van der Waals surface area contributed by atoms with Gasteiger partial charge in [-0.25, -0.2) is 4.39 Å². The van der Waals surface area contributed by atoms with Crippen LogP contribution in [0, 0.1) is 5.82 Å². The second-order valence-corrected chi connectivity index (χ2v) is 12.8. The van der Waals surface area contributed by atoms with E-state index in [4.69, 9.17) is 18.0 Å². The highest BCUT2D eigenvalue weighted by atomic mass is 32.2. The number of hydrogen-bond acceptors (Lipinski definition) is 5. The number of nitrogens with one attached hydrogen (secondary N) is 4. The van der Waals surface area contributed by atoms with E-state index in [0.29, 0.717) is 28.8 Å². The van der Waals surface area contributed by atoms with Gasteiger partial charge in [0, 0.05) is 17.5 Å². The molecule has 3 amide bonds. The fraction of sp³-hybridized carbons (Fsp3) is 0.486. The molecule has 8 nitrogen and oxygen atoms in total. The molecule has 1 aliphatic carbocycles. The fourth-order valence-electron chi connectivity index (χ4n) is 5.25. The molecule has 0 saturated carbocycles. The number of aromatic nitrogens is 1. The van der Waals surface area contributed by atoms with Crippen LogP contribution in [-0.4, -0.2) is 57.8 Å². The molecule has 0 bridgehead atoms. The molecule has 6 N–H and O–H groups in total. The van der Waals surface area contributed by atoms with E-state index in [0.717, 1.165) is 6.07 Å². The third-order valence-corrected chi connectivity index (χ3v) is 8.87. The number of halogens is 4. The molecule has 4 rings (SSSR count). The van der Waals surface area contributed by atoms with Crippen LogP contribution < -0.4 is 21.7 Å². The molecule has 0 aliphatic heterocycles. The molecule has 2 aromatic carbocycles. The number of unbranched alkanes of at least 4 members (excludes halogenated alkanes) is 1. The smallest absolute Gasteiger partial charge is 0.392 e. The van der Waals surface area contributed by atoms with Gasteiger partial charge in [0.15, 0.2) is 0 Å². The Morgan fingerprint density at radius 2 is 1.73 bits per heavy atom. The van der Waals surface area contributed by atoms with E-state index in [1.807, 2.05) is 20.1 Å². The lowest BCUT2D eigenvalue weighted by atomic mass is 9.78. The topological polar surface area (TPSA) is 129 Å². The van der Waals surface area contributed by atoms with Crippen LogP contribution in [0.25, 0.3) is 10.9 Å². The Balaban J connectivity index is 0.00000129. The molecule has 270 valence electrons. The number of carbonyl (C=O) groups excluding carboxylic acids is 3. The number of aryl methyl sites for hydroxylation is 1. The molecule has 0 saturated heterocycles. The van der Waals surface area contributed by atoms with Gasteiger partial charge in [-0.1, -0.05) is 83.1 Å². The number of benzene rings is 2. The zero-order valence-corrected chi connectivity index (χ0v) is 30.2. The molecule has 1 aliphatic rings. The lowest BCUT2D eigenvalue weighted by molar-refractivity contribution is -0.136. The molecule has 49 heavy (non-hydrogen) atoms. The summed E-state index contributed by atoms with van der Waals surface area (Å²) < 4.78 is 55.2. The number of hydrogen-bond donors (Lipinski definition) is 5. The Morgan fingerprint density at radius 3 is 2.33 bits per heavy atom. The van der Waals surface area contributed by atoms with Gasteiger partial charge in [-0.3, -0.25) is 14.4 Å². The minimum atomic E-state index is -4.60. The van der Waals surface area contributed by atoms with Crippen LogP contribution in [0.5, 0.6) is 0 Å². The third-order valence-electron chi connectivity index (χ3n) is 7.94. The van der Waals surface area contributed by atoms with Crippen LogP contribution in [0.4, 0.5) is 17.6 Å². The van der Waals surface area contributed by atoms with Crippen molar-refractivity contribution in [1.29, 1.82) is 0 Å². The standard InChI is InChI=1S/C29H31F4N5O3S2.C4H10.C2H6/c1-43-12-10-22(26(34)42)37-27(41)28(38-24(40)15-35-23(39)13-16-5-2-3-8-20(16)30)11-9-21-18(14-28)17-6-4-7-19(25(17)36-21)29(31,32)33;1-3-4-2;1-2/h2-8,22,36H,9-15H2,1H3,(H2,34,42)(H,35,39)(H,37,41)(H,38,40);3-4H2,1-2H3;1-2H3/t22-,28+;;/m0../s1. The molecular formula is C35H47F4N5O3S2. The van der Waals surface area contributed by atoms with Crippen molar-refractivity contribution in [2.45, 2.75) is 90.4 Å². The molecule has 14 heteroatoms. The monoisotopic (exact) mass is 725 g/mol. The highest BCUT2D eigenvalue weighted by molar-refractivity contribution is 7.98. The maximum atomic E-state index is 13.9. The highest BCUT2D eigenvalue weighted by Crippen LogP contribution is 2.40. The molecule has 0 spiro atoms. The number of para-hydroxylation sites is 1. The average Bonchev–Trinajstić information content (AvgIpc) is 3.44. The maximum Gasteiger partial charge on any atom is 0.418 e. The van der Waals surface area contributed by atoms with Crippen molar-refractivity contribution in [1.82, 2.24) is 20.9 Å². The van der Waals surface area contributed by atoms with Gasteiger partial charge in [0.1, 0.15) is 11.4 Å². The van der Waals surface area contributed by atoms with Crippen LogP contribution in [0.1, 0.15) is 75.8 Å². The van der Waals surface area contributed by atoms with Gasteiger partial charge in [0.05, 0.1) is 35.1 Å². The van der Waals surface area contributed by atoms with E-state index >= 15 is 0 Å². The zero-order chi connectivity index (χ0) is 36.8. The Kier molecular flexibility index (Phi) is 16.5. The molecule has 0 radical (unpaired) electrons. The van der Waals surface area contributed by atoms with Crippen LogP contribution in [0.15, 0.2) is 42.5 Å². The van der Waals surface area contributed by atoms with Gasteiger partial charge in [0.2, 0.25) is 17.7 Å². The summed E-state index contributed by atoms with van der Waals surface area (Å²) in [5.74, 6) is -1.82. The number of nitrogens with two attached hydrogens (primary N) is 1. The zero-order valence-electron chi connectivity index (χ0n) is 28.6. The Bertz CT molecular complexity index is 1580. The number of thiocarbonyl (C=S) groups is 1. The van der Waals surface area contributed by atoms with E-state index in [9.17, 15) is 31.9 Å². The van der Waals surface area contributed by atoms with E-state index in [-0.39, 0.29) is 41.8 Å². The molecule has 0 fully saturated rings. The molecule has 3 aromatic rings. The van der Waals surface area contributed by atoms with Crippen molar-refractivity contribution < 1.29 is 31.9 Å². The summed E-state index contributed by atoms with van der Waals surface area (Å²) in [5.41, 5.74) is 4.55. The summed E-state index contributed by atoms with van der Waals surface area (Å²) in [7, 11) is 0. The minimum Gasteiger partial charge on any atom is -0.392 e. The van der Waals surface area contributed by atoms with E-state index in [1.165, 1.54) is 54.9 Å². The van der Waals surface area contributed by atoms with Crippen molar-refractivity contribution in [3.05, 3.63) is 70.7 Å². The highest BCUT2D eigenvalue weighted by Gasteiger charge is 2.45. The van der Waals surface area contributed by atoms with Gasteiger partial charge < -0.3 is 26.7 Å². The summed E-state index contributed by atoms with van der Waals surface area (Å²) in [6, 6.07) is 8.88. The SMILES string of the molecule is CC.CCCC.CSCC[C@H](NC(=O)[C@@]1(NC(=O)CNC(=O)Cc2ccccc2F)CCc2[nH]c3c(C(F)(F)F)cccc3c2C1)C(N)=S. The van der Waals surface area contributed by atoms with Crippen LogP contribution in [0.3, 0.4) is 0 Å². The first-order valence-electron chi connectivity index (χ1n) is 16.4. The van der Waals surface area contributed by atoms with Crippen LogP contribution in [0.2, 0.25) is 0 Å². The maximum absolute atomic E-state index is 13.9. The summed E-state index contributed by atoms with van der Waals surface area (Å²) in [6.45, 7) is 7.85. The normalized spacial score (nSPS) is 15.8. The van der Waals surface area contributed by atoms with Crippen molar-refractivity contribution in [3.63, 3.8) is 0 Å². The van der Waals surface area contributed by atoms with Crippen molar-refractivity contribution >= 4 is 57.6 Å². The van der Waals surface area contributed by atoms with Gasteiger partial charge in [-0.05, 0) is 54.5 Å². The van der Waals surface area contributed by atoms with E-state index in [1.54, 1.807) is 6.07 Å². The van der Waals surface area contributed by atoms with Gasteiger partial charge >= 0.3 is 6.18 Å². The molecule has 1 aromatic heterocycles. The van der Waals surface area contributed by atoms with Gasteiger partial charge in [-0.15, -0.1) is 0 Å². The number of H-pyrrole nitrogens is 1. The fourth-order valence-corrected chi connectivity index (χ4v) is 5.90. The number of thioether (sulfide) groups is 1. The lowest BCUT2D eigenvalue weighted by Gasteiger charge is -2.38. The largest absolute Gasteiger partial charge is 0.418 e. The molecule has 2 atom stereocenters. The van der Waals surface area contributed by atoms with E-state index < -0.39 is 53.4 Å². The van der Waals surface area contributed by atoms with Crippen molar-refractivity contribution in [2.24, 2.45) is 5.73 Å². The molecule has 0 unspecified atom stereocenters. The average molecular weight is 726 g/mol. The van der Waals surface area contributed by atoms with E-state index in [2.05, 4.69) is 34.8 Å². The predicted molar refractivity (Wildman–Crippen MR) is 193 cm³/mol. The van der Waals surface area contributed by atoms with Gasteiger partial charge in [-0.2, -0.15) is 24.9 Å². The second-order valence-electron chi connectivity index (χ2n) is 11.4. The number of amides is 3. The number of aromatic amines is 1. The first-order valence-corrected chi connectivity index (χ1v) is 18.2. The number of rotatable bonds is 12. The summed E-state index contributed by atoms with van der Waals surface area (Å²) >= 11 is 6.68.